The molecule has 0 fully saturated rings. The van der Waals surface area contributed by atoms with Crippen LogP contribution in [0.4, 0.5) is 10.7 Å². The van der Waals surface area contributed by atoms with Gasteiger partial charge in [-0.3, -0.25) is 9.59 Å². The Morgan fingerprint density at radius 3 is 2.41 bits per heavy atom. The molecule has 0 radical (unpaired) electrons. The van der Waals surface area contributed by atoms with Gasteiger partial charge in [0.15, 0.2) is 0 Å². The molecule has 0 saturated heterocycles. The van der Waals surface area contributed by atoms with Gasteiger partial charge in [0.1, 0.15) is 10.3 Å². The number of aryl methyl sites for hydroxylation is 1. The van der Waals surface area contributed by atoms with Crippen molar-refractivity contribution in [3.63, 3.8) is 0 Å². The Bertz CT molecular complexity index is 1670. The van der Waals surface area contributed by atoms with Crippen LogP contribution in [0.2, 0.25) is 0 Å². The van der Waals surface area contributed by atoms with E-state index < -0.39 is 11.2 Å². The smallest absolute Gasteiger partial charge is 0.341 e. The molecule has 1 aliphatic rings. The first-order valence-electron chi connectivity index (χ1n) is 14.8. The predicted octanol–water partition coefficient (Wildman–Crippen LogP) is 8.72. The zero-order valence-corrected chi connectivity index (χ0v) is 27.4. The monoisotopic (exact) mass is 626 g/mol. The van der Waals surface area contributed by atoms with Gasteiger partial charge in [0, 0.05) is 21.0 Å². The molecule has 2 N–H and O–H groups in total. The van der Waals surface area contributed by atoms with Crippen LogP contribution in [0.25, 0.3) is 0 Å². The SMILES string of the molecule is COC(=O)c1c(NC(=O)C(Sc2cccc(NC(=O)c3cccc(C)c3)c2)c2ccccc2)sc2c1CCC(C(C)(C)C)C2. The number of rotatable bonds is 8. The second-order valence-corrected chi connectivity index (χ2v) is 14.5. The second-order valence-electron chi connectivity index (χ2n) is 12.3. The predicted molar refractivity (Wildman–Crippen MR) is 180 cm³/mol. The average molecular weight is 627 g/mol. The van der Waals surface area contributed by atoms with Crippen LogP contribution in [0.3, 0.4) is 0 Å². The maximum absolute atomic E-state index is 14.0. The fourth-order valence-electron chi connectivity index (χ4n) is 5.58. The van der Waals surface area contributed by atoms with Crippen LogP contribution < -0.4 is 10.6 Å². The summed E-state index contributed by atoms with van der Waals surface area (Å²) in [4.78, 5) is 41.9. The Balaban J connectivity index is 1.41. The van der Waals surface area contributed by atoms with E-state index in [2.05, 4.69) is 31.4 Å². The standard InChI is InChI=1S/C36H38N2O4S2/c1-22-11-9-14-24(19-22)32(39)37-26-15-10-16-27(21-26)43-31(23-12-7-6-8-13-23)33(40)38-34-30(35(41)42-5)28-18-17-25(36(2,3)4)20-29(28)44-34/h6-16,19,21,25,31H,17-18,20H2,1-5H3,(H,37,39)(H,38,40). The molecule has 44 heavy (non-hydrogen) atoms. The first-order valence-corrected chi connectivity index (χ1v) is 16.5. The minimum Gasteiger partial charge on any atom is -0.465 e. The number of fused-ring (bicyclic) bond motifs is 1. The van der Waals surface area contributed by atoms with Gasteiger partial charge in [-0.2, -0.15) is 0 Å². The largest absolute Gasteiger partial charge is 0.465 e. The number of anilines is 2. The summed E-state index contributed by atoms with van der Waals surface area (Å²) in [6, 6.07) is 24.5. The van der Waals surface area contributed by atoms with E-state index in [1.807, 2.05) is 79.7 Å². The lowest BCUT2D eigenvalue weighted by Crippen LogP contribution is -2.26. The lowest BCUT2D eigenvalue weighted by Gasteiger charge is -2.33. The van der Waals surface area contributed by atoms with Crippen molar-refractivity contribution in [1.29, 1.82) is 0 Å². The summed E-state index contributed by atoms with van der Waals surface area (Å²) in [5.41, 5.74) is 4.69. The third-order valence-electron chi connectivity index (χ3n) is 8.08. The van der Waals surface area contributed by atoms with E-state index in [1.54, 1.807) is 6.07 Å². The van der Waals surface area contributed by atoms with Crippen LogP contribution in [0.15, 0.2) is 83.8 Å². The van der Waals surface area contributed by atoms with Crippen LogP contribution >= 0.6 is 23.1 Å². The average Bonchev–Trinajstić information content (AvgIpc) is 3.36. The van der Waals surface area contributed by atoms with E-state index in [0.29, 0.717) is 27.7 Å². The summed E-state index contributed by atoms with van der Waals surface area (Å²) in [5.74, 6) is -0.354. The third-order valence-corrected chi connectivity index (χ3v) is 10.5. The number of methoxy groups -OCH3 is 1. The first kappa shape index (κ1) is 31.5. The topological polar surface area (TPSA) is 84.5 Å². The molecule has 1 heterocycles. The Hall–Kier alpha value is -3.88. The van der Waals surface area contributed by atoms with E-state index in [0.717, 1.165) is 45.7 Å². The van der Waals surface area contributed by atoms with Gasteiger partial charge < -0.3 is 15.4 Å². The summed E-state index contributed by atoms with van der Waals surface area (Å²) < 4.78 is 5.18. The highest BCUT2D eigenvalue weighted by molar-refractivity contribution is 8.00. The van der Waals surface area contributed by atoms with Gasteiger partial charge in [-0.15, -0.1) is 23.1 Å². The molecule has 3 aromatic carbocycles. The Morgan fingerprint density at radius 1 is 0.955 bits per heavy atom. The van der Waals surface area contributed by atoms with Crippen molar-refractivity contribution in [2.75, 3.05) is 17.7 Å². The molecule has 2 atom stereocenters. The number of carbonyl (C=O) groups is 3. The molecule has 228 valence electrons. The number of thioether (sulfide) groups is 1. The van der Waals surface area contributed by atoms with Crippen molar-refractivity contribution in [2.24, 2.45) is 11.3 Å². The lowest BCUT2D eigenvalue weighted by atomic mass is 9.72. The highest BCUT2D eigenvalue weighted by Gasteiger charge is 2.35. The van der Waals surface area contributed by atoms with Crippen LogP contribution in [-0.4, -0.2) is 24.9 Å². The second kappa shape index (κ2) is 13.4. The van der Waals surface area contributed by atoms with Crippen molar-refractivity contribution < 1.29 is 19.1 Å². The quantitative estimate of drug-likeness (QED) is 0.151. The lowest BCUT2D eigenvalue weighted by molar-refractivity contribution is -0.115. The Labute approximate surface area is 267 Å². The van der Waals surface area contributed by atoms with Crippen molar-refractivity contribution in [1.82, 2.24) is 0 Å². The number of benzene rings is 3. The Morgan fingerprint density at radius 2 is 1.70 bits per heavy atom. The molecule has 0 saturated carbocycles. The number of thiophene rings is 1. The number of hydrogen-bond donors (Lipinski definition) is 2. The number of nitrogens with one attached hydrogen (secondary N) is 2. The Kier molecular flexibility index (Phi) is 9.61. The van der Waals surface area contributed by atoms with Crippen molar-refractivity contribution in [3.8, 4) is 0 Å². The van der Waals surface area contributed by atoms with Gasteiger partial charge >= 0.3 is 5.97 Å². The van der Waals surface area contributed by atoms with Gasteiger partial charge in [-0.1, -0.05) is 74.9 Å². The van der Waals surface area contributed by atoms with Crippen molar-refractivity contribution >= 4 is 51.6 Å². The van der Waals surface area contributed by atoms with Crippen LogP contribution in [0.1, 0.15) is 74.7 Å². The zero-order chi connectivity index (χ0) is 31.4. The summed E-state index contributed by atoms with van der Waals surface area (Å²) in [5, 5.41) is 6.03. The normalized spacial score (nSPS) is 15.2. The number of esters is 1. The minimum absolute atomic E-state index is 0.152. The maximum atomic E-state index is 14.0. The molecule has 1 aromatic heterocycles. The van der Waals surface area contributed by atoms with Crippen LogP contribution in [0.5, 0.6) is 0 Å². The molecule has 2 amide bonds. The van der Waals surface area contributed by atoms with Gasteiger partial charge in [0.05, 0.1) is 12.7 Å². The van der Waals surface area contributed by atoms with Gasteiger partial charge in [0.25, 0.3) is 5.91 Å². The summed E-state index contributed by atoms with van der Waals surface area (Å²) >= 11 is 2.88. The molecular formula is C36H38N2O4S2. The number of amides is 2. The molecule has 0 spiro atoms. The number of hydrogen-bond acceptors (Lipinski definition) is 6. The molecule has 4 aromatic rings. The summed E-state index contributed by atoms with van der Waals surface area (Å²) in [6.45, 7) is 8.71. The summed E-state index contributed by atoms with van der Waals surface area (Å²) in [6.07, 6.45) is 2.65. The molecule has 1 aliphatic carbocycles. The molecule has 8 heteroatoms. The van der Waals surface area contributed by atoms with Gasteiger partial charge in [-0.05, 0) is 79.0 Å². The fraction of sp³-hybridized carbons (Fsp3) is 0.306. The van der Waals surface area contributed by atoms with Gasteiger partial charge in [0.2, 0.25) is 5.91 Å². The zero-order valence-electron chi connectivity index (χ0n) is 25.7. The van der Waals surface area contributed by atoms with E-state index in [9.17, 15) is 14.4 Å². The molecule has 2 unspecified atom stereocenters. The minimum atomic E-state index is -0.606. The number of carbonyl (C=O) groups excluding carboxylic acids is 3. The maximum Gasteiger partial charge on any atom is 0.341 e. The summed E-state index contributed by atoms with van der Waals surface area (Å²) in [7, 11) is 1.38. The van der Waals surface area contributed by atoms with Crippen molar-refractivity contribution in [2.45, 2.75) is 57.1 Å². The van der Waals surface area contributed by atoms with E-state index in [1.165, 1.54) is 30.2 Å². The van der Waals surface area contributed by atoms with Crippen LogP contribution in [0, 0.1) is 18.3 Å². The third kappa shape index (κ3) is 7.25. The fourth-order valence-corrected chi connectivity index (χ4v) is 7.98. The number of ether oxygens (including phenoxy) is 1. The van der Waals surface area contributed by atoms with Crippen LogP contribution in [-0.2, 0) is 22.4 Å². The van der Waals surface area contributed by atoms with Gasteiger partial charge in [-0.25, -0.2) is 4.79 Å². The molecule has 0 bridgehead atoms. The molecule has 6 nitrogen and oxygen atoms in total. The highest BCUT2D eigenvalue weighted by Crippen LogP contribution is 2.45. The van der Waals surface area contributed by atoms with E-state index in [4.69, 9.17) is 4.74 Å². The highest BCUT2D eigenvalue weighted by atomic mass is 32.2. The molecule has 5 rings (SSSR count). The van der Waals surface area contributed by atoms with E-state index >= 15 is 0 Å². The first-order chi connectivity index (χ1) is 21.0. The molecular weight excluding hydrogens is 589 g/mol. The molecule has 0 aliphatic heterocycles. The van der Waals surface area contributed by atoms with E-state index in [-0.39, 0.29) is 17.2 Å². The van der Waals surface area contributed by atoms with Crippen molar-refractivity contribution in [3.05, 3.63) is 112 Å².